The van der Waals surface area contributed by atoms with Crippen molar-refractivity contribution in [2.45, 2.75) is 6.92 Å². The predicted octanol–water partition coefficient (Wildman–Crippen LogP) is 3.92. The molecule has 0 N–H and O–H groups in total. The van der Waals surface area contributed by atoms with Gasteiger partial charge in [-0.05, 0) is 48.4 Å². The van der Waals surface area contributed by atoms with Crippen molar-refractivity contribution in [3.63, 3.8) is 0 Å². The lowest BCUT2D eigenvalue weighted by molar-refractivity contribution is 0.104. The summed E-state index contributed by atoms with van der Waals surface area (Å²) in [5.74, 6) is 1.79. The molecule has 0 aliphatic heterocycles. The van der Waals surface area contributed by atoms with Gasteiger partial charge in [-0.15, -0.1) is 0 Å². The van der Waals surface area contributed by atoms with Gasteiger partial charge in [0.25, 0.3) is 0 Å². The smallest absolute Gasteiger partial charge is 0.189 e. The molecule has 0 aliphatic rings. The summed E-state index contributed by atoms with van der Waals surface area (Å²) in [5, 5.41) is 0. The van der Waals surface area contributed by atoms with E-state index in [1.807, 2.05) is 31.2 Å². The van der Waals surface area contributed by atoms with Crippen molar-refractivity contribution < 1.29 is 19.0 Å². The van der Waals surface area contributed by atoms with Gasteiger partial charge in [0.2, 0.25) is 0 Å². The van der Waals surface area contributed by atoms with Crippen LogP contribution in [-0.2, 0) is 0 Å². The third kappa shape index (κ3) is 4.13. The Labute approximate surface area is 136 Å². The summed E-state index contributed by atoms with van der Waals surface area (Å²) < 4.78 is 15.7. The van der Waals surface area contributed by atoms with E-state index >= 15 is 0 Å². The molecular formula is C19H20O4. The zero-order chi connectivity index (χ0) is 16.8. The highest BCUT2D eigenvalue weighted by Gasteiger charge is 2.09. The third-order valence-electron chi connectivity index (χ3n) is 3.42. The molecule has 0 radical (unpaired) electrons. The van der Waals surface area contributed by atoms with Gasteiger partial charge >= 0.3 is 0 Å². The van der Waals surface area contributed by atoms with Gasteiger partial charge in [0.05, 0.1) is 26.9 Å². The minimum absolute atomic E-state index is 0.122. The Bertz CT molecular complexity index is 710. The number of ketones is 1. The van der Waals surface area contributed by atoms with Crippen LogP contribution < -0.4 is 14.2 Å². The monoisotopic (exact) mass is 312 g/mol. The number of aryl methyl sites for hydroxylation is 1. The van der Waals surface area contributed by atoms with Gasteiger partial charge in [-0.3, -0.25) is 4.79 Å². The van der Waals surface area contributed by atoms with Gasteiger partial charge in [0, 0.05) is 6.07 Å². The van der Waals surface area contributed by atoms with Crippen LogP contribution >= 0.6 is 0 Å². The van der Waals surface area contributed by atoms with E-state index in [4.69, 9.17) is 14.2 Å². The van der Waals surface area contributed by atoms with Gasteiger partial charge in [0.1, 0.15) is 17.2 Å². The molecule has 120 valence electrons. The molecule has 0 saturated carbocycles. The summed E-state index contributed by atoms with van der Waals surface area (Å²) in [7, 11) is 4.73. The number of rotatable bonds is 6. The van der Waals surface area contributed by atoms with Crippen LogP contribution in [0.4, 0.5) is 0 Å². The largest absolute Gasteiger partial charge is 0.497 e. The van der Waals surface area contributed by atoms with E-state index < -0.39 is 0 Å². The first-order chi connectivity index (χ1) is 11.1. The number of carbonyl (C=O) groups excluding carboxylic acids is 1. The summed E-state index contributed by atoms with van der Waals surface area (Å²) in [6.07, 6.45) is 3.24. The molecule has 0 unspecified atom stereocenters. The lowest BCUT2D eigenvalue weighted by Crippen LogP contribution is -1.99. The average Bonchev–Trinajstić information content (AvgIpc) is 2.58. The Hall–Kier alpha value is -2.75. The maximum absolute atomic E-state index is 12.4. The molecular weight excluding hydrogens is 292 g/mol. The van der Waals surface area contributed by atoms with Crippen LogP contribution in [0, 0.1) is 6.92 Å². The minimum atomic E-state index is -0.122. The topological polar surface area (TPSA) is 44.8 Å². The molecule has 0 saturated heterocycles. The maximum atomic E-state index is 12.4. The molecule has 2 aromatic rings. The van der Waals surface area contributed by atoms with Crippen molar-refractivity contribution in [2.24, 2.45) is 0 Å². The molecule has 2 aromatic carbocycles. The van der Waals surface area contributed by atoms with Crippen LogP contribution in [0.15, 0.2) is 42.5 Å². The lowest BCUT2D eigenvalue weighted by atomic mass is 10.1. The van der Waals surface area contributed by atoms with Crippen LogP contribution in [0.2, 0.25) is 0 Å². The summed E-state index contributed by atoms with van der Waals surface area (Å²) >= 11 is 0. The van der Waals surface area contributed by atoms with E-state index in [2.05, 4.69) is 0 Å². The van der Waals surface area contributed by atoms with Gasteiger partial charge < -0.3 is 14.2 Å². The Kier molecular flexibility index (Phi) is 5.41. The van der Waals surface area contributed by atoms with Crippen molar-refractivity contribution in [1.82, 2.24) is 0 Å². The molecule has 23 heavy (non-hydrogen) atoms. The summed E-state index contributed by atoms with van der Waals surface area (Å²) in [6, 6.07) is 10.9. The van der Waals surface area contributed by atoms with E-state index in [0.29, 0.717) is 22.8 Å². The summed E-state index contributed by atoms with van der Waals surface area (Å²) in [5.41, 5.74) is 2.39. The highest BCUT2D eigenvalue weighted by Crippen LogP contribution is 2.24. The molecule has 0 bridgehead atoms. The molecule has 0 fully saturated rings. The third-order valence-corrected chi connectivity index (χ3v) is 3.42. The highest BCUT2D eigenvalue weighted by molar-refractivity contribution is 6.08. The van der Waals surface area contributed by atoms with E-state index in [1.165, 1.54) is 6.08 Å². The number of hydrogen-bond donors (Lipinski definition) is 0. The molecule has 0 aromatic heterocycles. The molecule has 4 nitrogen and oxygen atoms in total. The van der Waals surface area contributed by atoms with Crippen LogP contribution in [0.3, 0.4) is 0 Å². The molecule has 0 spiro atoms. The summed E-state index contributed by atoms with van der Waals surface area (Å²) in [4.78, 5) is 12.4. The van der Waals surface area contributed by atoms with Crippen molar-refractivity contribution in [2.75, 3.05) is 21.3 Å². The molecule has 4 heteroatoms. The van der Waals surface area contributed by atoms with Crippen molar-refractivity contribution in [3.05, 3.63) is 59.2 Å². The number of benzene rings is 2. The van der Waals surface area contributed by atoms with Gasteiger partial charge in [-0.1, -0.05) is 12.1 Å². The van der Waals surface area contributed by atoms with E-state index in [9.17, 15) is 4.79 Å². The molecule has 0 aliphatic carbocycles. The van der Waals surface area contributed by atoms with Crippen LogP contribution in [0.5, 0.6) is 17.2 Å². The molecule has 0 atom stereocenters. The van der Waals surface area contributed by atoms with E-state index in [0.717, 1.165) is 11.1 Å². The Balaban J connectivity index is 2.28. The van der Waals surface area contributed by atoms with Crippen molar-refractivity contribution in [3.8, 4) is 17.2 Å². The second kappa shape index (κ2) is 7.49. The predicted molar refractivity (Wildman–Crippen MR) is 90.6 cm³/mol. The van der Waals surface area contributed by atoms with Gasteiger partial charge in [-0.2, -0.15) is 0 Å². The number of methoxy groups -OCH3 is 3. The number of ether oxygens (including phenoxy) is 3. The second-order valence-electron chi connectivity index (χ2n) is 5.05. The average molecular weight is 312 g/mol. The SMILES string of the molecule is COc1cc(/C=C/C(=O)c2ccc(C)cc2OC)cc(OC)c1. The second-order valence-corrected chi connectivity index (χ2v) is 5.05. The van der Waals surface area contributed by atoms with E-state index in [1.54, 1.807) is 39.5 Å². The van der Waals surface area contributed by atoms with Gasteiger partial charge in [0.15, 0.2) is 5.78 Å². The normalized spacial score (nSPS) is 10.6. The fourth-order valence-corrected chi connectivity index (χ4v) is 2.19. The highest BCUT2D eigenvalue weighted by atomic mass is 16.5. The molecule has 0 amide bonds. The Morgan fingerprint density at radius 3 is 2.13 bits per heavy atom. The fraction of sp³-hybridized carbons (Fsp3) is 0.211. The first-order valence-electron chi connectivity index (χ1n) is 7.17. The molecule has 0 heterocycles. The zero-order valence-electron chi connectivity index (χ0n) is 13.8. The number of allylic oxidation sites excluding steroid dienone is 1. The zero-order valence-corrected chi connectivity index (χ0v) is 13.8. The standard InChI is InChI=1S/C19H20O4/c1-13-5-7-17(19(9-13)23-4)18(20)8-6-14-10-15(21-2)12-16(11-14)22-3/h5-12H,1-4H3/b8-6+. The van der Waals surface area contributed by atoms with Crippen LogP contribution in [-0.4, -0.2) is 27.1 Å². The van der Waals surface area contributed by atoms with Crippen molar-refractivity contribution in [1.29, 1.82) is 0 Å². The fourth-order valence-electron chi connectivity index (χ4n) is 2.19. The van der Waals surface area contributed by atoms with Crippen LogP contribution in [0.1, 0.15) is 21.5 Å². The Morgan fingerprint density at radius 1 is 0.913 bits per heavy atom. The quantitative estimate of drug-likeness (QED) is 0.599. The minimum Gasteiger partial charge on any atom is -0.497 e. The number of hydrogen-bond acceptors (Lipinski definition) is 4. The lowest BCUT2D eigenvalue weighted by Gasteiger charge is -2.07. The first-order valence-corrected chi connectivity index (χ1v) is 7.17. The number of carbonyl (C=O) groups is 1. The first kappa shape index (κ1) is 16.6. The van der Waals surface area contributed by atoms with E-state index in [-0.39, 0.29) is 5.78 Å². The summed E-state index contributed by atoms with van der Waals surface area (Å²) in [6.45, 7) is 1.95. The molecule has 2 rings (SSSR count). The maximum Gasteiger partial charge on any atom is 0.189 e. The van der Waals surface area contributed by atoms with Gasteiger partial charge in [-0.25, -0.2) is 0 Å². The van der Waals surface area contributed by atoms with Crippen molar-refractivity contribution >= 4 is 11.9 Å². The Morgan fingerprint density at radius 2 is 1.57 bits per heavy atom. The van der Waals surface area contributed by atoms with Crippen LogP contribution in [0.25, 0.3) is 6.08 Å².